The normalized spacial score (nSPS) is 18.4. The predicted molar refractivity (Wildman–Crippen MR) is 110 cm³/mol. The highest BCUT2D eigenvalue weighted by molar-refractivity contribution is 7.99. The van der Waals surface area contributed by atoms with E-state index in [1.165, 1.54) is 4.57 Å². The number of rotatable bonds is 1. The number of fused-ring (bicyclic) bond motifs is 1. The van der Waals surface area contributed by atoms with Gasteiger partial charge in [0.1, 0.15) is 0 Å². The average molecular weight is 468 g/mol. The molecule has 1 amide bonds. The van der Waals surface area contributed by atoms with Gasteiger partial charge >= 0.3 is 11.9 Å². The molecule has 0 saturated carbocycles. The zero-order chi connectivity index (χ0) is 22.1. The minimum absolute atomic E-state index is 0.0151. The van der Waals surface area contributed by atoms with E-state index in [4.69, 9.17) is 11.6 Å². The first-order chi connectivity index (χ1) is 14.7. The molecule has 3 heterocycles. The van der Waals surface area contributed by atoms with Crippen molar-refractivity contribution in [3.63, 3.8) is 0 Å². The Bertz CT molecular complexity index is 1380. The van der Waals surface area contributed by atoms with Crippen molar-refractivity contribution < 1.29 is 18.0 Å². The third kappa shape index (κ3) is 3.08. The second-order valence-electron chi connectivity index (χ2n) is 7.39. The van der Waals surface area contributed by atoms with Gasteiger partial charge in [-0.2, -0.15) is 13.2 Å². The molecule has 160 valence electrons. The molecule has 3 aromatic rings. The molecule has 1 aromatic heterocycles. The van der Waals surface area contributed by atoms with Crippen LogP contribution in [0.5, 0.6) is 0 Å². The van der Waals surface area contributed by atoms with E-state index in [1.54, 1.807) is 17.0 Å². The number of benzene rings is 2. The van der Waals surface area contributed by atoms with Gasteiger partial charge < -0.3 is 4.90 Å². The third-order valence-corrected chi connectivity index (χ3v) is 7.33. The number of amides is 1. The van der Waals surface area contributed by atoms with Crippen LogP contribution in [0.25, 0.3) is 10.9 Å². The predicted octanol–water partition coefficient (Wildman–Crippen LogP) is 3.49. The number of carbonyl (C=O) groups is 1. The molecule has 31 heavy (non-hydrogen) atoms. The van der Waals surface area contributed by atoms with Crippen LogP contribution < -0.4 is 11.2 Å². The molecule has 0 aliphatic carbocycles. The molecular formula is C20H13ClF3N3O3S. The van der Waals surface area contributed by atoms with Gasteiger partial charge in [-0.3, -0.25) is 19.1 Å². The van der Waals surface area contributed by atoms with Gasteiger partial charge in [0.15, 0.2) is 0 Å². The zero-order valence-corrected chi connectivity index (χ0v) is 17.2. The van der Waals surface area contributed by atoms with E-state index in [2.05, 4.69) is 4.98 Å². The lowest BCUT2D eigenvalue weighted by molar-refractivity contribution is -0.137. The van der Waals surface area contributed by atoms with Gasteiger partial charge in [0.2, 0.25) is 0 Å². The van der Waals surface area contributed by atoms with Crippen molar-refractivity contribution in [3.8, 4) is 0 Å². The SMILES string of the molecule is O=C1c2ccccc2CN1[C@@H]1CSc2c(Cl)c(C(F)(F)F)cc3c(=O)[nH]c(=O)n(c23)C1. The van der Waals surface area contributed by atoms with E-state index in [-0.39, 0.29) is 34.0 Å². The average Bonchev–Trinajstić information content (AvgIpc) is 2.90. The van der Waals surface area contributed by atoms with Crippen LogP contribution in [0.2, 0.25) is 5.02 Å². The fraction of sp³-hybridized carbons (Fsp3) is 0.250. The van der Waals surface area contributed by atoms with E-state index in [9.17, 15) is 27.6 Å². The van der Waals surface area contributed by atoms with E-state index < -0.39 is 34.1 Å². The molecule has 1 N–H and O–H groups in total. The van der Waals surface area contributed by atoms with Crippen molar-refractivity contribution in [1.82, 2.24) is 14.5 Å². The fourth-order valence-corrected chi connectivity index (χ4v) is 5.77. The maximum absolute atomic E-state index is 13.5. The summed E-state index contributed by atoms with van der Waals surface area (Å²) in [6, 6.07) is 7.31. The summed E-state index contributed by atoms with van der Waals surface area (Å²) in [4.78, 5) is 41.6. The number of halogens is 4. The van der Waals surface area contributed by atoms with Gasteiger partial charge in [0.05, 0.1) is 32.4 Å². The number of thioether (sulfide) groups is 1. The molecule has 0 spiro atoms. The standard InChI is InChI=1S/C20H13ClF3N3O3S/c21-14-13(20(22,23)24)5-12-15-16(14)31-8-10(7-27(15)19(30)25-17(12)28)26-6-9-3-1-2-4-11(9)18(26)29/h1-5,10H,6-8H2,(H,25,28,30)/t10-/m0/s1. The van der Waals surface area contributed by atoms with Crippen LogP contribution >= 0.6 is 23.4 Å². The highest BCUT2D eigenvalue weighted by Gasteiger charge is 2.39. The van der Waals surface area contributed by atoms with Gasteiger partial charge in [0, 0.05) is 24.4 Å². The molecule has 0 bridgehead atoms. The second kappa shape index (κ2) is 6.89. The Kier molecular flexibility index (Phi) is 4.49. The summed E-state index contributed by atoms with van der Waals surface area (Å²) in [6.45, 7) is 0.354. The number of carbonyl (C=O) groups excluding carboxylic acids is 1. The zero-order valence-electron chi connectivity index (χ0n) is 15.6. The van der Waals surface area contributed by atoms with Crippen LogP contribution in [0.15, 0.2) is 44.8 Å². The first-order valence-corrected chi connectivity index (χ1v) is 10.6. The van der Waals surface area contributed by atoms with E-state index in [0.29, 0.717) is 18.2 Å². The summed E-state index contributed by atoms with van der Waals surface area (Å²) in [5.41, 5.74) is -1.35. The number of alkyl halides is 3. The maximum atomic E-state index is 13.5. The Labute approximate surface area is 181 Å². The van der Waals surface area contributed by atoms with E-state index in [1.807, 2.05) is 12.1 Å². The summed E-state index contributed by atoms with van der Waals surface area (Å²) in [7, 11) is 0. The largest absolute Gasteiger partial charge is 0.417 e. The minimum Gasteiger partial charge on any atom is -0.329 e. The molecule has 0 fully saturated rings. The summed E-state index contributed by atoms with van der Waals surface area (Å²) >= 11 is 7.13. The number of aromatic nitrogens is 2. The summed E-state index contributed by atoms with van der Waals surface area (Å²) in [6.07, 6.45) is -4.77. The summed E-state index contributed by atoms with van der Waals surface area (Å²) in [5, 5.41) is -0.823. The number of hydrogen-bond donors (Lipinski definition) is 1. The van der Waals surface area contributed by atoms with E-state index >= 15 is 0 Å². The lowest BCUT2D eigenvalue weighted by Gasteiger charge is -2.26. The lowest BCUT2D eigenvalue weighted by atomic mass is 10.1. The first-order valence-electron chi connectivity index (χ1n) is 9.25. The van der Waals surface area contributed by atoms with Crippen molar-refractivity contribution in [3.05, 3.63) is 72.9 Å². The number of nitrogens with zero attached hydrogens (tertiary/aromatic N) is 2. The van der Waals surface area contributed by atoms with Crippen LogP contribution in [0.3, 0.4) is 0 Å². The Balaban J connectivity index is 1.67. The molecule has 0 saturated heterocycles. The van der Waals surface area contributed by atoms with Crippen molar-refractivity contribution >= 4 is 40.2 Å². The van der Waals surface area contributed by atoms with Crippen molar-refractivity contribution in [2.45, 2.75) is 30.2 Å². The van der Waals surface area contributed by atoms with Gasteiger partial charge in [-0.05, 0) is 17.7 Å². The Morgan fingerprint density at radius 1 is 1.16 bits per heavy atom. The van der Waals surface area contributed by atoms with Crippen LogP contribution in [0, 0.1) is 0 Å². The fourth-order valence-electron chi connectivity index (χ4n) is 4.11. The molecule has 2 aliphatic rings. The molecule has 1 atom stereocenters. The molecule has 0 radical (unpaired) electrons. The van der Waals surface area contributed by atoms with Crippen LogP contribution in [-0.4, -0.2) is 32.2 Å². The van der Waals surface area contributed by atoms with Crippen LogP contribution in [0.4, 0.5) is 13.2 Å². The molecule has 0 unspecified atom stereocenters. The molecule has 11 heteroatoms. The van der Waals surface area contributed by atoms with Crippen molar-refractivity contribution in [2.24, 2.45) is 0 Å². The highest BCUT2D eigenvalue weighted by atomic mass is 35.5. The number of nitrogens with one attached hydrogen (secondary N) is 1. The summed E-state index contributed by atoms with van der Waals surface area (Å²) < 4.78 is 41.8. The molecule has 5 rings (SSSR count). The Morgan fingerprint density at radius 3 is 2.61 bits per heavy atom. The van der Waals surface area contributed by atoms with E-state index in [0.717, 1.165) is 17.3 Å². The molecule has 6 nitrogen and oxygen atoms in total. The molecule has 2 aromatic carbocycles. The van der Waals surface area contributed by atoms with Crippen LogP contribution in [0.1, 0.15) is 21.5 Å². The van der Waals surface area contributed by atoms with Gasteiger partial charge in [-0.25, -0.2) is 4.79 Å². The van der Waals surface area contributed by atoms with Crippen molar-refractivity contribution in [2.75, 3.05) is 5.75 Å². The first kappa shape index (κ1) is 20.2. The Morgan fingerprint density at radius 2 is 1.90 bits per heavy atom. The molecule has 2 aliphatic heterocycles. The number of aromatic amines is 1. The quantitative estimate of drug-likeness (QED) is 0.594. The summed E-state index contributed by atoms with van der Waals surface area (Å²) in [5.74, 6) is 0.00786. The monoisotopic (exact) mass is 467 g/mol. The number of hydrogen-bond acceptors (Lipinski definition) is 4. The topological polar surface area (TPSA) is 75.2 Å². The van der Waals surface area contributed by atoms with Crippen LogP contribution in [-0.2, 0) is 19.3 Å². The maximum Gasteiger partial charge on any atom is 0.417 e. The van der Waals surface area contributed by atoms with Gasteiger partial charge in [-0.1, -0.05) is 29.8 Å². The Hall–Kier alpha value is -2.72. The van der Waals surface area contributed by atoms with Gasteiger partial charge in [0.25, 0.3) is 11.5 Å². The second-order valence-corrected chi connectivity index (χ2v) is 8.79. The van der Waals surface area contributed by atoms with Crippen molar-refractivity contribution in [1.29, 1.82) is 0 Å². The smallest absolute Gasteiger partial charge is 0.329 e. The lowest BCUT2D eigenvalue weighted by Crippen LogP contribution is -2.42. The molecular weight excluding hydrogens is 455 g/mol. The minimum atomic E-state index is -4.77. The third-order valence-electron chi connectivity index (χ3n) is 5.58. The highest BCUT2D eigenvalue weighted by Crippen LogP contribution is 2.44. The number of H-pyrrole nitrogens is 1. The van der Waals surface area contributed by atoms with Gasteiger partial charge in [-0.15, -0.1) is 11.8 Å².